The molecule has 0 aromatic rings. The van der Waals surface area contributed by atoms with Crippen molar-refractivity contribution < 1.29 is 9.53 Å². The van der Waals surface area contributed by atoms with Crippen LogP contribution in [0.5, 0.6) is 0 Å². The quantitative estimate of drug-likeness (QED) is 0.522. The molecule has 0 rings (SSSR count). The molecule has 0 aromatic carbocycles. The lowest BCUT2D eigenvalue weighted by atomic mass is 9.96. The fourth-order valence-electron chi connectivity index (χ4n) is 1.92. The van der Waals surface area contributed by atoms with Crippen molar-refractivity contribution >= 4 is 5.97 Å². The number of esters is 1. The molecule has 1 atom stereocenters. The van der Waals surface area contributed by atoms with E-state index in [1.807, 2.05) is 0 Å². The van der Waals surface area contributed by atoms with Gasteiger partial charge in [-0.15, -0.1) is 0 Å². The van der Waals surface area contributed by atoms with E-state index in [9.17, 15) is 4.79 Å². The molecular weight excluding hydrogens is 216 g/mol. The second-order valence-corrected chi connectivity index (χ2v) is 5.09. The molecule has 0 spiro atoms. The maximum Gasteiger partial charge on any atom is 0.325 e. The largest absolute Gasteiger partial charge is 0.468 e. The highest BCUT2D eigenvalue weighted by molar-refractivity contribution is 5.79. The highest BCUT2D eigenvalue weighted by Crippen LogP contribution is 2.13. The second-order valence-electron chi connectivity index (χ2n) is 5.09. The van der Waals surface area contributed by atoms with Gasteiger partial charge in [-0.25, -0.2) is 0 Å². The number of ether oxygens (including phenoxy) is 1. The minimum Gasteiger partial charge on any atom is -0.468 e. The predicted molar refractivity (Wildman–Crippen MR) is 70.8 cm³/mol. The molecule has 4 heteroatoms. The third-order valence-electron chi connectivity index (χ3n) is 3.18. The van der Waals surface area contributed by atoms with Gasteiger partial charge in [-0.2, -0.15) is 0 Å². The Labute approximate surface area is 105 Å². The molecule has 0 aliphatic carbocycles. The first-order valence-electron chi connectivity index (χ1n) is 6.46. The number of carbonyl (C=O) groups excluding carboxylic acids is 1. The molecule has 0 saturated heterocycles. The van der Waals surface area contributed by atoms with E-state index in [1.54, 1.807) is 6.92 Å². The fourth-order valence-corrected chi connectivity index (χ4v) is 1.92. The minimum atomic E-state index is -0.844. The van der Waals surface area contributed by atoms with Crippen LogP contribution in [0.25, 0.3) is 0 Å². The Morgan fingerprint density at radius 3 is 2.41 bits per heavy atom. The Bertz CT molecular complexity index is 227. The monoisotopic (exact) mass is 244 g/mol. The molecule has 1 unspecified atom stereocenters. The summed E-state index contributed by atoms with van der Waals surface area (Å²) in [7, 11) is 1.38. The van der Waals surface area contributed by atoms with E-state index in [1.165, 1.54) is 7.11 Å². The van der Waals surface area contributed by atoms with Crippen molar-refractivity contribution in [3.8, 4) is 0 Å². The summed E-state index contributed by atoms with van der Waals surface area (Å²) in [4.78, 5) is 13.8. The van der Waals surface area contributed by atoms with Gasteiger partial charge in [0.25, 0.3) is 0 Å². The van der Waals surface area contributed by atoms with E-state index in [2.05, 4.69) is 30.4 Å². The van der Waals surface area contributed by atoms with Gasteiger partial charge in [0, 0.05) is 6.04 Å². The highest BCUT2D eigenvalue weighted by atomic mass is 16.5. The van der Waals surface area contributed by atoms with Crippen molar-refractivity contribution in [2.75, 3.05) is 20.2 Å². The summed E-state index contributed by atoms with van der Waals surface area (Å²) in [6.07, 6.45) is 2.69. The summed E-state index contributed by atoms with van der Waals surface area (Å²) >= 11 is 0. The van der Waals surface area contributed by atoms with Gasteiger partial charge in [0.2, 0.25) is 0 Å². The number of nitrogens with two attached hydrogens (primary N) is 1. The molecule has 0 radical (unpaired) electrons. The molecule has 17 heavy (non-hydrogen) atoms. The Morgan fingerprint density at radius 1 is 1.41 bits per heavy atom. The van der Waals surface area contributed by atoms with Crippen LogP contribution in [0.2, 0.25) is 0 Å². The van der Waals surface area contributed by atoms with Crippen LogP contribution in [-0.4, -0.2) is 42.6 Å². The number of hydrogen-bond acceptors (Lipinski definition) is 4. The lowest BCUT2D eigenvalue weighted by Gasteiger charge is -2.26. The molecule has 0 aliphatic heterocycles. The number of rotatable bonds is 8. The van der Waals surface area contributed by atoms with Crippen molar-refractivity contribution in [1.82, 2.24) is 4.90 Å². The fraction of sp³-hybridized carbons (Fsp3) is 0.923. The standard InChI is InChI=1S/C13H28N2O2/c1-6-15(11(2)3)10-8-7-9-13(4,14)12(16)17-5/h11H,6-10,14H2,1-5H3. The van der Waals surface area contributed by atoms with Gasteiger partial charge >= 0.3 is 5.97 Å². The Morgan fingerprint density at radius 2 is 2.00 bits per heavy atom. The van der Waals surface area contributed by atoms with Crippen molar-refractivity contribution in [2.24, 2.45) is 5.73 Å². The summed E-state index contributed by atoms with van der Waals surface area (Å²) in [5.74, 6) is -0.325. The third kappa shape index (κ3) is 6.03. The zero-order chi connectivity index (χ0) is 13.5. The van der Waals surface area contributed by atoms with Gasteiger partial charge in [-0.3, -0.25) is 4.79 Å². The van der Waals surface area contributed by atoms with Crippen LogP contribution in [0, 0.1) is 0 Å². The van der Waals surface area contributed by atoms with Crippen molar-refractivity contribution in [3.63, 3.8) is 0 Å². The zero-order valence-corrected chi connectivity index (χ0v) is 12.0. The summed E-state index contributed by atoms with van der Waals surface area (Å²) in [6, 6.07) is 0.574. The van der Waals surface area contributed by atoms with E-state index in [0.717, 1.165) is 25.9 Å². The van der Waals surface area contributed by atoms with Crippen LogP contribution in [-0.2, 0) is 9.53 Å². The Balaban J connectivity index is 3.88. The van der Waals surface area contributed by atoms with Crippen LogP contribution in [0.3, 0.4) is 0 Å². The number of unbranched alkanes of at least 4 members (excludes halogenated alkanes) is 1. The molecule has 0 amide bonds. The summed E-state index contributed by atoms with van der Waals surface area (Å²) in [6.45, 7) is 10.4. The molecule has 0 fully saturated rings. The van der Waals surface area contributed by atoms with Crippen LogP contribution in [0.1, 0.15) is 47.0 Å². The second kappa shape index (κ2) is 7.67. The third-order valence-corrected chi connectivity index (χ3v) is 3.18. The lowest BCUT2D eigenvalue weighted by molar-refractivity contribution is -0.146. The van der Waals surface area contributed by atoms with E-state index in [0.29, 0.717) is 12.5 Å². The van der Waals surface area contributed by atoms with E-state index in [-0.39, 0.29) is 5.97 Å². The molecule has 102 valence electrons. The first-order chi connectivity index (χ1) is 7.85. The average Bonchev–Trinajstić information content (AvgIpc) is 2.27. The van der Waals surface area contributed by atoms with E-state index < -0.39 is 5.54 Å². The first-order valence-corrected chi connectivity index (χ1v) is 6.46. The molecule has 2 N–H and O–H groups in total. The molecular formula is C13H28N2O2. The average molecular weight is 244 g/mol. The number of nitrogens with zero attached hydrogens (tertiary/aromatic N) is 1. The zero-order valence-electron chi connectivity index (χ0n) is 12.0. The molecule has 0 saturated carbocycles. The number of methoxy groups -OCH3 is 1. The Kier molecular flexibility index (Phi) is 7.39. The van der Waals surface area contributed by atoms with Gasteiger partial charge < -0.3 is 15.4 Å². The SMILES string of the molecule is CCN(CCCCC(C)(N)C(=O)OC)C(C)C. The minimum absolute atomic E-state index is 0.325. The number of carbonyl (C=O) groups is 1. The lowest BCUT2D eigenvalue weighted by Crippen LogP contribution is -2.45. The first kappa shape index (κ1) is 16.4. The topological polar surface area (TPSA) is 55.6 Å². The molecule has 4 nitrogen and oxygen atoms in total. The van der Waals surface area contributed by atoms with Crippen LogP contribution < -0.4 is 5.73 Å². The van der Waals surface area contributed by atoms with Crippen LogP contribution >= 0.6 is 0 Å². The number of hydrogen-bond donors (Lipinski definition) is 1. The maximum atomic E-state index is 11.4. The molecule has 0 bridgehead atoms. The van der Waals surface area contributed by atoms with Crippen molar-refractivity contribution in [1.29, 1.82) is 0 Å². The van der Waals surface area contributed by atoms with Gasteiger partial charge in [0.05, 0.1) is 7.11 Å². The van der Waals surface area contributed by atoms with E-state index >= 15 is 0 Å². The van der Waals surface area contributed by atoms with Gasteiger partial charge in [-0.05, 0) is 53.1 Å². The van der Waals surface area contributed by atoms with Crippen LogP contribution in [0.4, 0.5) is 0 Å². The molecule has 0 aliphatic rings. The normalized spacial score (nSPS) is 15.1. The predicted octanol–water partition coefficient (Wildman–Crippen LogP) is 1.78. The van der Waals surface area contributed by atoms with E-state index in [4.69, 9.17) is 5.73 Å². The van der Waals surface area contributed by atoms with Crippen molar-refractivity contribution in [2.45, 2.75) is 58.5 Å². The summed E-state index contributed by atoms with van der Waals surface area (Å²) in [5, 5.41) is 0. The van der Waals surface area contributed by atoms with Crippen LogP contribution in [0.15, 0.2) is 0 Å². The maximum absolute atomic E-state index is 11.4. The van der Waals surface area contributed by atoms with Crippen molar-refractivity contribution in [3.05, 3.63) is 0 Å². The molecule has 0 aromatic heterocycles. The smallest absolute Gasteiger partial charge is 0.325 e. The van der Waals surface area contributed by atoms with Gasteiger partial charge in [0.15, 0.2) is 0 Å². The Hall–Kier alpha value is -0.610. The van der Waals surface area contributed by atoms with Gasteiger partial charge in [0.1, 0.15) is 5.54 Å². The summed E-state index contributed by atoms with van der Waals surface area (Å²) in [5.41, 5.74) is 5.05. The summed E-state index contributed by atoms with van der Waals surface area (Å²) < 4.78 is 4.68. The molecule has 0 heterocycles. The highest BCUT2D eigenvalue weighted by Gasteiger charge is 2.28. The van der Waals surface area contributed by atoms with Gasteiger partial charge in [-0.1, -0.05) is 6.92 Å².